The van der Waals surface area contributed by atoms with E-state index < -0.39 is 26.6 Å². The average Bonchev–Trinajstić information content (AvgIpc) is 2.25. The lowest BCUT2D eigenvalue weighted by molar-refractivity contribution is 0.475. The lowest BCUT2D eigenvalue weighted by Crippen LogP contribution is -2.14. The Morgan fingerprint density at radius 2 is 1.80 bits per heavy atom. The number of nitrogens with one attached hydrogen (secondary N) is 1. The zero-order valence-corrected chi connectivity index (χ0v) is 12.2. The molecule has 106 valence electrons. The van der Waals surface area contributed by atoms with Crippen molar-refractivity contribution in [2.75, 3.05) is 4.72 Å². The van der Waals surface area contributed by atoms with Gasteiger partial charge in [-0.1, -0.05) is 15.9 Å². The van der Waals surface area contributed by atoms with Crippen molar-refractivity contribution in [2.45, 2.75) is 4.90 Å². The largest absolute Gasteiger partial charge is 0.508 e. The van der Waals surface area contributed by atoms with Gasteiger partial charge in [-0.2, -0.15) is 0 Å². The number of phenolic OH excluding ortho intramolecular Hbond substituents is 1. The molecule has 2 aromatic rings. The van der Waals surface area contributed by atoms with Gasteiger partial charge >= 0.3 is 0 Å². The second kappa shape index (κ2) is 5.37. The predicted octanol–water partition coefficient (Wildman–Crippen LogP) is 3.23. The van der Waals surface area contributed by atoms with Crippen LogP contribution < -0.4 is 4.72 Å². The van der Waals surface area contributed by atoms with E-state index in [0.29, 0.717) is 10.5 Å². The second-order valence-electron chi connectivity index (χ2n) is 3.88. The maximum absolute atomic E-state index is 13.5. The Hall–Kier alpha value is -1.67. The molecule has 0 aromatic heterocycles. The Kier molecular flexibility index (Phi) is 3.96. The first kappa shape index (κ1) is 14.7. The number of rotatable bonds is 3. The van der Waals surface area contributed by atoms with Crippen molar-refractivity contribution in [3.05, 3.63) is 52.5 Å². The van der Waals surface area contributed by atoms with Gasteiger partial charge in [-0.15, -0.1) is 0 Å². The first-order valence-corrected chi connectivity index (χ1v) is 7.53. The molecule has 8 heteroatoms. The summed E-state index contributed by atoms with van der Waals surface area (Å²) >= 11 is 3.08. The summed E-state index contributed by atoms with van der Waals surface area (Å²) in [6.07, 6.45) is 0. The molecule has 0 aliphatic carbocycles. The van der Waals surface area contributed by atoms with Gasteiger partial charge in [0.1, 0.15) is 22.3 Å². The van der Waals surface area contributed by atoms with E-state index in [4.69, 9.17) is 0 Å². The Morgan fingerprint density at radius 3 is 2.40 bits per heavy atom. The summed E-state index contributed by atoms with van der Waals surface area (Å²) in [4.78, 5) is -0.682. The van der Waals surface area contributed by atoms with Gasteiger partial charge in [-0.05, 0) is 24.3 Å². The molecule has 0 aliphatic heterocycles. The summed E-state index contributed by atoms with van der Waals surface area (Å²) in [5, 5.41) is 9.36. The van der Waals surface area contributed by atoms with Crippen molar-refractivity contribution in [3.63, 3.8) is 0 Å². The predicted molar refractivity (Wildman–Crippen MR) is 73.0 cm³/mol. The molecule has 2 N–H and O–H groups in total. The molecule has 0 radical (unpaired) electrons. The van der Waals surface area contributed by atoms with Gasteiger partial charge in [0.15, 0.2) is 0 Å². The van der Waals surface area contributed by atoms with Gasteiger partial charge in [-0.25, -0.2) is 17.2 Å². The molecule has 2 aromatic carbocycles. The number of halogens is 3. The molecule has 2 rings (SSSR count). The first-order valence-electron chi connectivity index (χ1n) is 5.25. The lowest BCUT2D eigenvalue weighted by atomic mass is 10.3. The molecule has 0 saturated carbocycles. The Bertz CT molecular complexity index is 745. The van der Waals surface area contributed by atoms with Gasteiger partial charge < -0.3 is 5.11 Å². The molecule has 0 bridgehead atoms. The van der Waals surface area contributed by atoms with Crippen molar-refractivity contribution in [3.8, 4) is 5.75 Å². The van der Waals surface area contributed by atoms with Crippen molar-refractivity contribution < 1.29 is 22.3 Å². The van der Waals surface area contributed by atoms with Crippen LogP contribution in [0.15, 0.2) is 45.8 Å². The van der Waals surface area contributed by atoms with Crippen LogP contribution in [-0.4, -0.2) is 13.5 Å². The summed E-state index contributed by atoms with van der Waals surface area (Å²) in [7, 11) is -4.22. The van der Waals surface area contributed by atoms with E-state index in [9.17, 15) is 22.3 Å². The van der Waals surface area contributed by atoms with Crippen LogP contribution >= 0.6 is 15.9 Å². The quantitative estimate of drug-likeness (QED) is 0.879. The van der Waals surface area contributed by atoms with Gasteiger partial charge in [0.05, 0.1) is 5.69 Å². The van der Waals surface area contributed by atoms with E-state index in [0.717, 1.165) is 18.2 Å². The second-order valence-corrected chi connectivity index (χ2v) is 6.44. The molecular formula is C12H8BrF2NO3S. The fraction of sp³-hybridized carbons (Fsp3) is 0. The smallest absolute Gasteiger partial charge is 0.264 e. The number of anilines is 1. The normalized spacial score (nSPS) is 11.3. The van der Waals surface area contributed by atoms with Crippen molar-refractivity contribution in [1.29, 1.82) is 0 Å². The maximum Gasteiger partial charge on any atom is 0.264 e. The number of hydrogen-bond donors (Lipinski definition) is 2. The highest BCUT2D eigenvalue weighted by Crippen LogP contribution is 2.26. The molecule has 0 aliphatic rings. The summed E-state index contributed by atoms with van der Waals surface area (Å²) in [6, 6.07) is 6.05. The van der Waals surface area contributed by atoms with Crippen LogP contribution in [0.3, 0.4) is 0 Å². The average molecular weight is 364 g/mol. The number of phenols is 1. The fourth-order valence-corrected chi connectivity index (χ4v) is 3.12. The van der Waals surface area contributed by atoms with Crippen molar-refractivity contribution in [2.24, 2.45) is 0 Å². The number of benzene rings is 2. The van der Waals surface area contributed by atoms with E-state index in [1.54, 1.807) is 0 Å². The SMILES string of the molecule is O=S(=O)(Nc1cc(O)cc(Br)c1)c1ccc(F)cc1F. The summed E-state index contributed by atoms with van der Waals surface area (Å²) in [5.41, 5.74) is 0.0422. The molecule has 0 fully saturated rings. The first-order chi connectivity index (χ1) is 9.28. The van der Waals surface area contributed by atoms with Gasteiger partial charge in [0.2, 0.25) is 0 Å². The van der Waals surface area contributed by atoms with Gasteiger partial charge in [-0.3, -0.25) is 4.72 Å². The zero-order chi connectivity index (χ0) is 14.9. The van der Waals surface area contributed by atoms with Crippen LogP contribution in [0.2, 0.25) is 0 Å². The lowest BCUT2D eigenvalue weighted by Gasteiger charge is -2.09. The topological polar surface area (TPSA) is 66.4 Å². The maximum atomic E-state index is 13.5. The third-order valence-corrected chi connectivity index (χ3v) is 4.19. The highest BCUT2D eigenvalue weighted by atomic mass is 79.9. The summed E-state index contributed by atoms with van der Waals surface area (Å²) in [5.74, 6) is -2.24. The van der Waals surface area contributed by atoms with E-state index in [-0.39, 0.29) is 11.4 Å². The number of sulfonamides is 1. The minimum atomic E-state index is -4.22. The van der Waals surface area contributed by atoms with Crippen LogP contribution in [0.1, 0.15) is 0 Å². The Balaban J connectivity index is 2.40. The van der Waals surface area contributed by atoms with Crippen LogP contribution in [0.5, 0.6) is 5.75 Å². The molecule has 4 nitrogen and oxygen atoms in total. The van der Waals surface area contributed by atoms with Crippen LogP contribution in [0.25, 0.3) is 0 Å². The van der Waals surface area contributed by atoms with E-state index in [2.05, 4.69) is 20.7 Å². The molecule has 0 heterocycles. The van der Waals surface area contributed by atoms with Gasteiger partial charge in [0.25, 0.3) is 10.0 Å². The molecule has 0 atom stereocenters. The van der Waals surface area contributed by atoms with Gasteiger partial charge in [0, 0.05) is 16.6 Å². The highest BCUT2D eigenvalue weighted by molar-refractivity contribution is 9.10. The minimum Gasteiger partial charge on any atom is -0.508 e. The minimum absolute atomic E-state index is 0.0422. The standard InChI is InChI=1S/C12H8BrF2NO3S/c13-7-3-9(6-10(17)4-7)16-20(18,19)12-2-1-8(14)5-11(12)15/h1-6,16-17H. The van der Waals surface area contributed by atoms with E-state index in [1.165, 1.54) is 12.1 Å². The van der Waals surface area contributed by atoms with Crippen LogP contribution in [0.4, 0.5) is 14.5 Å². The number of aromatic hydroxyl groups is 1. The Morgan fingerprint density at radius 1 is 1.10 bits per heavy atom. The molecule has 0 spiro atoms. The van der Waals surface area contributed by atoms with Crippen molar-refractivity contribution in [1.82, 2.24) is 0 Å². The molecular weight excluding hydrogens is 356 g/mol. The van der Waals surface area contributed by atoms with E-state index >= 15 is 0 Å². The van der Waals surface area contributed by atoms with E-state index in [1.807, 2.05) is 0 Å². The summed E-state index contributed by atoms with van der Waals surface area (Å²) < 4.78 is 52.8. The highest BCUT2D eigenvalue weighted by Gasteiger charge is 2.20. The summed E-state index contributed by atoms with van der Waals surface area (Å²) in [6.45, 7) is 0. The van der Waals surface area contributed by atoms with Crippen LogP contribution in [0, 0.1) is 11.6 Å². The monoisotopic (exact) mass is 363 g/mol. The zero-order valence-electron chi connectivity index (χ0n) is 9.77. The molecule has 20 heavy (non-hydrogen) atoms. The fourth-order valence-electron chi connectivity index (χ4n) is 1.54. The number of hydrogen-bond acceptors (Lipinski definition) is 3. The molecule has 0 unspecified atom stereocenters. The third-order valence-electron chi connectivity index (χ3n) is 2.32. The molecule has 0 amide bonds. The van der Waals surface area contributed by atoms with Crippen LogP contribution in [-0.2, 0) is 10.0 Å². The van der Waals surface area contributed by atoms with Crippen molar-refractivity contribution >= 4 is 31.6 Å². The third kappa shape index (κ3) is 3.26. The molecule has 0 saturated heterocycles. The Labute approximate surface area is 122 Å².